The monoisotopic (exact) mass is 256 g/mol. The number of hydrogen-bond donors (Lipinski definition) is 0. The summed E-state index contributed by atoms with van der Waals surface area (Å²) in [6.07, 6.45) is 0. The molecule has 0 atom stereocenters. The maximum absolute atomic E-state index is 5.72. The number of aliphatic imine (C=N–C) groups is 2. The van der Waals surface area contributed by atoms with Crippen LogP contribution in [0.5, 0.6) is 0 Å². The fourth-order valence-corrected chi connectivity index (χ4v) is 1.17. The highest BCUT2D eigenvalue weighted by molar-refractivity contribution is 5.89. The molecule has 0 aliphatic heterocycles. The van der Waals surface area contributed by atoms with E-state index in [-0.39, 0.29) is 17.2 Å². The Morgan fingerprint density at radius 3 is 1.67 bits per heavy atom. The van der Waals surface area contributed by atoms with Gasteiger partial charge >= 0.3 is 6.02 Å². The summed E-state index contributed by atoms with van der Waals surface area (Å²) in [6, 6.07) is 0.507. The van der Waals surface area contributed by atoms with E-state index in [1.165, 1.54) is 0 Å². The van der Waals surface area contributed by atoms with Crippen LogP contribution in [0.3, 0.4) is 0 Å². The quantitative estimate of drug-likeness (QED) is 0.529. The molecule has 0 aromatic carbocycles. The summed E-state index contributed by atoms with van der Waals surface area (Å²) in [5.41, 5.74) is -0.586. The smallest absolute Gasteiger partial charge is 0.315 e. The summed E-state index contributed by atoms with van der Waals surface area (Å²) in [7, 11) is 0. The van der Waals surface area contributed by atoms with E-state index in [0.29, 0.717) is 11.9 Å². The predicted octanol–water partition coefficient (Wildman–Crippen LogP) is 3.80. The SMILES string of the molecule is C/C(=N\C(=N/C(C)C)OC(C)(C)C)OC(C)(C)C. The van der Waals surface area contributed by atoms with Gasteiger partial charge in [-0.3, -0.25) is 0 Å². The number of amidine groups is 1. The summed E-state index contributed by atoms with van der Waals surface area (Å²) < 4.78 is 11.4. The van der Waals surface area contributed by atoms with E-state index in [4.69, 9.17) is 9.47 Å². The minimum absolute atomic E-state index is 0.133. The van der Waals surface area contributed by atoms with E-state index in [2.05, 4.69) is 9.98 Å². The molecule has 4 heteroatoms. The Balaban J connectivity index is 4.95. The van der Waals surface area contributed by atoms with Crippen LogP contribution >= 0.6 is 0 Å². The van der Waals surface area contributed by atoms with Crippen molar-refractivity contribution in [3.05, 3.63) is 0 Å². The lowest BCUT2D eigenvalue weighted by Gasteiger charge is -2.23. The van der Waals surface area contributed by atoms with Crippen molar-refractivity contribution in [1.29, 1.82) is 0 Å². The van der Waals surface area contributed by atoms with Crippen LogP contribution in [-0.4, -0.2) is 29.2 Å². The van der Waals surface area contributed by atoms with Crippen LogP contribution < -0.4 is 0 Å². The second kappa shape index (κ2) is 6.21. The van der Waals surface area contributed by atoms with Crippen LogP contribution in [0.25, 0.3) is 0 Å². The van der Waals surface area contributed by atoms with Gasteiger partial charge in [-0.25, -0.2) is 4.99 Å². The van der Waals surface area contributed by atoms with Gasteiger partial charge in [0, 0.05) is 13.0 Å². The van der Waals surface area contributed by atoms with Crippen molar-refractivity contribution >= 4 is 11.9 Å². The first-order chi connectivity index (χ1) is 7.89. The van der Waals surface area contributed by atoms with Crippen molar-refractivity contribution in [1.82, 2.24) is 0 Å². The first kappa shape index (κ1) is 16.9. The summed E-state index contributed by atoms with van der Waals surface area (Å²) >= 11 is 0. The molecule has 0 saturated carbocycles. The largest absolute Gasteiger partial charge is 0.475 e. The molecule has 0 aromatic heterocycles. The van der Waals surface area contributed by atoms with Gasteiger partial charge in [0.1, 0.15) is 11.2 Å². The van der Waals surface area contributed by atoms with E-state index in [9.17, 15) is 0 Å². The molecule has 0 aliphatic carbocycles. The molecule has 0 rings (SSSR count). The standard InChI is InChI=1S/C14H28N2O2/c1-10(2)15-12(18-14(7,8)9)16-11(3)17-13(4,5)6/h10H,1-9H3/b15-12+,16-11+. The topological polar surface area (TPSA) is 43.2 Å². The molecule has 0 heterocycles. The van der Waals surface area contributed by atoms with Crippen LogP contribution in [0, 0.1) is 0 Å². The molecule has 0 fully saturated rings. The molecule has 0 aromatic rings. The maximum atomic E-state index is 5.72. The Morgan fingerprint density at radius 1 is 0.889 bits per heavy atom. The average molecular weight is 256 g/mol. The van der Waals surface area contributed by atoms with Crippen LogP contribution in [0.2, 0.25) is 0 Å². The Kier molecular flexibility index (Phi) is 5.84. The van der Waals surface area contributed by atoms with E-state index in [1.54, 1.807) is 0 Å². The molecule has 0 saturated heterocycles. The predicted molar refractivity (Wildman–Crippen MR) is 77.4 cm³/mol. The zero-order valence-corrected chi connectivity index (χ0v) is 13.3. The molecule has 0 radical (unpaired) electrons. The zero-order chi connectivity index (χ0) is 14.6. The first-order valence-corrected chi connectivity index (χ1v) is 6.40. The minimum atomic E-state index is -0.320. The molecular weight excluding hydrogens is 228 g/mol. The number of rotatable bonds is 1. The second-order valence-electron chi connectivity index (χ2n) is 6.57. The Labute approximate surface area is 112 Å². The van der Waals surface area contributed by atoms with Crippen molar-refractivity contribution in [2.75, 3.05) is 0 Å². The van der Waals surface area contributed by atoms with Crippen LogP contribution in [-0.2, 0) is 9.47 Å². The molecule has 106 valence electrons. The lowest BCUT2D eigenvalue weighted by Crippen LogP contribution is -2.26. The number of nitrogens with zero attached hydrogens (tertiary/aromatic N) is 2. The van der Waals surface area contributed by atoms with Gasteiger partial charge in [-0.05, 0) is 55.4 Å². The fraction of sp³-hybridized carbons (Fsp3) is 0.857. The van der Waals surface area contributed by atoms with Crippen molar-refractivity contribution in [3.8, 4) is 0 Å². The van der Waals surface area contributed by atoms with Gasteiger partial charge in [-0.15, -0.1) is 0 Å². The van der Waals surface area contributed by atoms with Crippen molar-refractivity contribution in [2.45, 2.75) is 79.6 Å². The number of hydrogen-bond acceptors (Lipinski definition) is 3. The molecule has 0 N–H and O–H groups in total. The number of ether oxygens (including phenoxy) is 2. The second-order valence-corrected chi connectivity index (χ2v) is 6.57. The molecule has 4 nitrogen and oxygen atoms in total. The third-order valence-electron chi connectivity index (χ3n) is 1.47. The lowest BCUT2D eigenvalue weighted by atomic mass is 10.2. The summed E-state index contributed by atoms with van der Waals surface area (Å²) in [6.45, 7) is 17.6. The fourth-order valence-electron chi connectivity index (χ4n) is 1.17. The van der Waals surface area contributed by atoms with Gasteiger partial charge in [0.25, 0.3) is 0 Å². The Bertz CT molecular complexity index is 318. The lowest BCUT2D eigenvalue weighted by molar-refractivity contribution is 0.106. The van der Waals surface area contributed by atoms with E-state index in [1.807, 2.05) is 62.3 Å². The van der Waals surface area contributed by atoms with Gasteiger partial charge in [-0.1, -0.05) is 0 Å². The van der Waals surface area contributed by atoms with Crippen LogP contribution in [0.1, 0.15) is 62.3 Å². The minimum Gasteiger partial charge on any atom is -0.475 e. The van der Waals surface area contributed by atoms with Crippen molar-refractivity contribution < 1.29 is 9.47 Å². The van der Waals surface area contributed by atoms with Crippen molar-refractivity contribution in [3.63, 3.8) is 0 Å². The summed E-state index contributed by atoms with van der Waals surface area (Å²) in [5.74, 6) is 0.561. The Morgan fingerprint density at radius 2 is 1.33 bits per heavy atom. The molecule has 0 unspecified atom stereocenters. The van der Waals surface area contributed by atoms with Gasteiger partial charge in [0.05, 0.1) is 0 Å². The highest BCUT2D eigenvalue weighted by atomic mass is 16.5. The molecule has 0 aliphatic rings. The zero-order valence-electron chi connectivity index (χ0n) is 13.3. The third-order valence-corrected chi connectivity index (χ3v) is 1.47. The van der Waals surface area contributed by atoms with Crippen molar-refractivity contribution in [2.24, 2.45) is 9.98 Å². The third kappa shape index (κ3) is 10.1. The summed E-state index contributed by atoms with van der Waals surface area (Å²) in [4.78, 5) is 8.67. The van der Waals surface area contributed by atoms with Gasteiger partial charge in [0.15, 0.2) is 5.90 Å². The molecule has 0 amide bonds. The van der Waals surface area contributed by atoms with E-state index >= 15 is 0 Å². The van der Waals surface area contributed by atoms with Crippen LogP contribution in [0.4, 0.5) is 0 Å². The van der Waals surface area contributed by atoms with Crippen LogP contribution in [0.15, 0.2) is 9.98 Å². The first-order valence-electron chi connectivity index (χ1n) is 6.40. The molecule has 0 spiro atoms. The van der Waals surface area contributed by atoms with E-state index < -0.39 is 0 Å². The maximum Gasteiger partial charge on any atom is 0.315 e. The van der Waals surface area contributed by atoms with Gasteiger partial charge < -0.3 is 9.47 Å². The molecular formula is C14H28N2O2. The molecule has 18 heavy (non-hydrogen) atoms. The van der Waals surface area contributed by atoms with Gasteiger partial charge in [0.2, 0.25) is 0 Å². The highest BCUT2D eigenvalue weighted by Gasteiger charge is 2.17. The van der Waals surface area contributed by atoms with E-state index in [0.717, 1.165) is 0 Å². The molecule has 0 bridgehead atoms. The normalized spacial score (nSPS) is 15.0. The Hall–Kier alpha value is -1.06. The highest BCUT2D eigenvalue weighted by Crippen LogP contribution is 2.11. The average Bonchev–Trinajstić information content (AvgIpc) is 1.92. The summed E-state index contributed by atoms with van der Waals surface area (Å²) in [5, 5.41) is 0. The van der Waals surface area contributed by atoms with Gasteiger partial charge in [-0.2, -0.15) is 4.99 Å².